The topological polar surface area (TPSA) is 49.4 Å². The highest BCUT2D eigenvalue weighted by atomic mass is 32.2. The predicted molar refractivity (Wildman–Crippen MR) is 83.5 cm³/mol. The van der Waals surface area contributed by atoms with Crippen LogP contribution in [0.5, 0.6) is 0 Å². The molecule has 0 aromatic carbocycles. The average Bonchev–Trinajstić information content (AvgIpc) is 3.10. The highest BCUT2D eigenvalue weighted by Crippen LogP contribution is 2.32. The highest BCUT2D eigenvalue weighted by molar-refractivity contribution is 7.91. The Morgan fingerprint density at radius 1 is 1.40 bits per heavy atom. The number of sulfonamides is 1. The molecule has 2 rings (SSSR count). The number of nitrogens with one attached hydrogen (secondary N) is 1. The molecule has 0 amide bonds. The molecule has 1 aliphatic carbocycles. The Morgan fingerprint density at radius 2 is 2.15 bits per heavy atom. The Morgan fingerprint density at radius 3 is 2.75 bits per heavy atom. The van der Waals surface area contributed by atoms with Crippen molar-refractivity contribution in [2.45, 2.75) is 43.9 Å². The second-order valence-electron chi connectivity index (χ2n) is 5.36. The second kappa shape index (κ2) is 7.02. The first-order valence-corrected chi connectivity index (χ1v) is 9.68. The molecule has 0 atom stereocenters. The first-order chi connectivity index (χ1) is 9.57. The predicted octanol–water partition coefficient (Wildman–Crippen LogP) is 2.67. The van der Waals surface area contributed by atoms with Crippen molar-refractivity contribution in [2.24, 2.45) is 5.92 Å². The molecule has 0 unspecified atom stereocenters. The lowest BCUT2D eigenvalue weighted by atomic mass is 10.3. The molecule has 1 aromatic rings. The van der Waals surface area contributed by atoms with Crippen molar-refractivity contribution in [1.82, 2.24) is 9.62 Å². The molecule has 1 aliphatic rings. The maximum Gasteiger partial charge on any atom is 0.252 e. The van der Waals surface area contributed by atoms with Gasteiger partial charge in [0, 0.05) is 19.6 Å². The maximum absolute atomic E-state index is 12.7. The summed E-state index contributed by atoms with van der Waals surface area (Å²) >= 11 is 1.34. The number of thiophene rings is 1. The van der Waals surface area contributed by atoms with Gasteiger partial charge >= 0.3 is 0 Å². The zero-order valence-corrected chi connectivity index (χ0v) is 13.9. The van der Waals surface area contributed by atoms with Crippen LogP contribution in [0.4, 0.5) is 0 Å². The SMILES string of the molecule is CCCN(CC1CC1)S(=O)(=O)c1cc(CNCC)cs1. The van der Waals surface area contributed by atoms with Crippen LogP contribution in [0, 0.1) is 5.92 Å². The smallest absolute Gasteiger partial charge is 0.252 e. The van der Waals surface area contributed by atoms with Crippen LogP contribution in [0.15, 0.2) is 15.7 Å². The van der Waals surface area contributed by atoms with Gasteiger partial charge < -0.3 is 5.32 Å². The summed E-state index contributed by atoms with van der Waals surface area (Å²) in [5, 5.41) is 5.17. The summed E-state index contributed by atoms with van der Waals surface area (Å²) in [5.74, 6) is 0.581. The molecule has 1 aromatic heterocycles. The molecule has 0 aliphatic heterocycles. The molecular formula is C14H24N2O2S2. The molecule has 1 saturated carbocycles. The molecule has 1 N–H and O–H groups in total. The lowest BCUT2D eigenvalue weighted by Crippen LogP contribution is -2.33. The zero-order valence-electron chi connectivity index (χ0n) is 12.3. The molecule has 0 saturated heterocycles. The molecular weight excluding hydrogens is 292 g/mol. The third-order valence-electron chi connectivity index (χ3n) is 3.43. The van der Waals surface area contributed by atoms with Gasteiger partial charge in [0.2, 0.25) is 0 Å². The first kappa shape index (κ1) is 15.9. The summed E-state index contributed by atoms with van der Waals surface area (Å²) in [5.41, 5.74) is 1.05. The summed E-state index contributed by atoms with van der Waals surface area (Å²) in [7, 11) is -3.30. The highest BCUT2D eigenvalue weighted by Gasteiger charge is 2.31. The van der Waals surface area contributed by atoms with E-state index in [2.05, 4.69) is 5.32 Å². The molecule has 1 fully saturated rings. The van der Waals surface area contributed by atoms with Gasteiger partial charge in [-0.15, -0.1) is 11.3 Å². The van der Waals surface area contributed by atoms with Gasteiger partial charge in [-0.2, -0.15) is 4.31 Å². The van der Waals surface area contributed by atoms with Crippen molar-refractivity contribution in [2.75, 3.05) is 19.6 Å². The summed E-state index contributed by atoms with van der Waals surface area (Å²) in [6, 6.07) is 1.82. The number of hydrogen-bond acceptors (Lipinski definition) is 4. The van der Waals surface area contributed by atoms with E-state index in [1.165, 1.54) is 24.2 Å². The van der Waals surface area contributed by atoms with Gasteiger partial charge in [-0.3, -0.25) is 0 Å². The molecule has 4 nitrogen and oxygen atoms in total. The largest absolute Gasteiger partial charge is 0.313 e. The maximum atomic E-state index is 12.7. The molecule has 114 valence electrons. The van der Waals surface area contributed by atoms with E-state index in [1.54, 1.807) is 4.31 Å². The van der Waals surface area contributed by atoms with E-state index in [9.17, 15) is 8.42 Å². The number of rotatable bonds is 9. The van der Waals surface area contributed by atoms with Crippen LogP contribution < -0.4 is 5.32 Å². The van der Waals surface area contributed by atoms with Gasteiger partial charge in [0.15, 0.2) is 0 Å². The van der Waals surface area contributed by atoms with Crippen LogP contribution in [0.3, 0.4) is 0 Å². The van der Waals surface area contributed by atoms with Crippen LogP contribution in [-0.4, -0.2) is 32.4 Å². The summed E-state index contributed by atoms with van der Waals surface area (Å²) in [6.45, 7) is 7.01. The summed E-state index contributed by atoms with van der Waals surface area (Å²) < 4.78 is 27.5. The average molecular weight is 316 g/mol. The Kier molecular flexibility index (Phi) is 5.60. The van der Waals surface area contributed by atoms with Gasteiger partial charge in [0.05, 0.1) is 0 Å². The van der Waals surface area contributed by atoms with Gasteiger partial charge in [0.1, 0.15) is 4.21 Å². The third kappa shape index (κ3) is 4.04. The van der Waals surface area contributed by atoms with Gasteiger partial charge in [-0.1, -0.05) is 13.8 Å². The Balaban J connectivity index is 2.11. The van der Waals surface area contributed by atoms with E-state index in [4.69, 9.17) is 0 Å². The Bertz CT molecular complexity index is 521. The molecule has 6 heteroatoms. The summed E-state index contributed by atoms with van der Waals surface area (Å²) in [4.78, 5) is 0. The molecule has 0 radical (unpaired) electrons. The Labute approximate surface area is 126 Å². The quantitative estimate of drug-likeness (QED) is 0.762. The van der Waals surface area contributed by atoms with Gasteiger partial charge in [0.25, 0.3) is 10.0 Å². The van der Waals surface area contributed by atoms with Crippen LogP contribution in [-0.2, 0) is 16.6 Å². The van der Waals surface area contributed by atoms with E-state index in [0.29, 0.717) is 23.2 Å². The third-order valence-corrected chi connectivity index (χ3v) is 6.76. The normalized spacial score (nSPS) is 15.9. The van der Waals surface area contributed by atoms with Crippen LogP contribution in [0.25, 0.3) is 0 Å². The van der Waals surface area contributed by atoms with Crippen molar-refractivity contribution in [3.05, 3.63) is 17.0 Å². The molecule has 0 bridgehead atoms. The fraction of sp³-hybridized carbons (Fsp3) is 0.714. The first-order valence-electron chi connectivity index (χ1n) is 7.36. The van der Waals surface area contributed by atoms with E-state index in [1.807, 2.05) is 25.3 Å². The van der Waals surface area contributed by atoms with Gasteiger partial charge in [-0.05, 0) is 48.7 Å². The molecule has 20 heavy (non-hydrogen) atoms. The van der Waals surface area contributed by atoms with E-state index < -0.39 is 10.0 Å². The van der Waals surface area contributed by atoms with Crippen LogP contribution in [0.2, 0.25) is 0 Å². The summed E-state index contributed by atoms with van der Waals surface area (Å²) in [6.07, 6.45) is 3.21. The fourth-order valence-corrected chi connectivity index (χ4v) is 5.10. The van der Waals surface area contributed by atoms with E-state index >= 15 is 0 Å². The van der Waals surface area contributed by atoms with Gasteiger partial charge in [-0.25, -0.2) is 8.42 Å². The lowest BCUT2D eigenvalue weighted by Gasteiger charge is -2.20. The van der Waals surface area contributed by atoms with Crippen molar-refractivity contribution >= 4 is 21.4 Å². The minimum Gasteiger partial charge on any atom is -0.313 e. The standard InChI is InChI=1S/C14H24N2O2S2/c1-3-7-16(10-12-5-6-12)20(17,18)14-8-13(11-19-14)9-15-4-2/h8,11-12,15H,3-7,9-10H2,1-2H3. The second-order valence-corrected chi connectivity index (χ2v) is 8.44. The number of hydrogen-bond donors (Lipinski definition) is 1. The van der Waals surface area contributed by atoms with Crippen molar-refractivity contribution < 1.29 is 8.42 Å². The Hall–Kier alpha value is -0.430. The number of nitrogens with zero attached hydrogens (tertiary/aromatic N) is 1. The van der Waals surface area contributed by atoms with Crippen molar-refractivity contribution in [3.8, 4) is 0 Å². The minimum atomic E-state index is -3.30. The van der Waals surface area contributed by atoms with Crippen LogP contribution >= 0.6 is 11.3 Å². The molecule has 1 heterocycles. The van der Waals surface area contributed by atoms with E-state index in [-0.39, 0.29) is 0 Å². The van der Waals surface area contributed by atoms with E-state index in [0.717, 1.165) is 25.1 Å². The minimum absolute atomic E-state index is 0.486. The fourth-order valence-electron chi connectivity index (χ4n) is 2.13. The van der Waals surface area contributed by atoms with Crippen LogP contribution in [0.1, 0.15) is 38.7 Å². The van der Waals surface area contributed by atoms with Crippen molar-refractivity contribution in [3.63, 3.8) is 0 Å². The monoisotopic (exact) mass is 316 g/mol. The van der Waals surface area contributed by atoms with Crippen molar-refractivity contribution in [1.29, 1.82) is 0 Å². The molecule has 0 spiro atoms. The lowest BCUT2D eigenvalue weighted by molar-refractivity contribution is 0.397. The zero-order chi connectivity index (χ0) is 14.6.